The molecule has 0 atom stereocenters. The molecule has 0 spiro atoms. The monoisotopic (exact) mass is 256 g/mol. The Morgan fingerprint density at radius 1 is 1.21 bits per heavy atom. The molecule has 2 aromatic carbocycles. The molecular formula is C16H16O3. The molecule has 19 heavy (non-hydrogen) atoms. The molecular weight excluding hydrogens is 240 g/mol. The summed E-state index contributed by atoms with van der Waals surface area (Å²) in [6.07, 6.45) is 0. The third-order valence-electron chi connectivity index (χ3n) is 2.83. The van der Waals surface area contributed by atoms with Gasteiger partial charge in [-0.25, -0.2) is 4.79 Å². The topological polar surface area (TPSA) is 46.5 Å². The van der Waals surface area contributed by atoms with Crippen LogP contribution in [0.25, 0.3) is 11.1 Å². The van der Waals surface area contributed by atoms with Crippen LogP contribution in [0.1, 0.15) is 22.8 Å². The summed E-state index contributed by atoms with van der Waals surface area (Å²) in [6, 6.07) is 12.9. The van der Waals surface area contributed by atoms with Crippen LogP contribution in [0.5, 0.6) is 5.75 Å². The number of esters is 1. The normalized spacial score (nSPS) is 10.2. The number of hydrogen-bond acceptors (Lipinski definition) is 3. The van der Waals surface area contributed by atoms with Crippen molar-refractivity contribution in [2.24, 2.45) is 0 Å². The predicted molar refractivity (Wildman–Crippen MR) is 74.2 cm³/mol. The lowest BCUT2D eigenvalue weighted by Crippen LogP contribution is -2.07. The van der Waals surface area contributed by atoms with E-state index in [4.69, 9.17) is 4.74 Å². The van der Waals surface area contributed by atoms with E-state index in [1.165, 1.54) is 0 Å². The summed E-state index contributed by atoms with van der Waals surface area (Å²) in [4.78, 5) is 12.0. The number of benzene rings is 2. The molecule has 0 saturated carbocycles. The van der Waals surface area contributed by atoms with Gasteiger partial charge in [-0.15, -0.1) is 0 Å². The van der Waals surface area contributed by atoms with Crippen molar-refractivity contribution in [2.75, 3.05) is 6.61 Å². The third-order valence-corrected chi connectivity index (χ3v) is 2.83. The lowest BCUT2D eigenvalue weighted by atomic mass is 9.96. The Balaban J connectivity index is 2.62. The molecule has 0 fully saturated rings. The first-order chi connectivity index (χ1) is 9.13. The lowest BCUT2D eigenvalue weighted by Gasteiger charge is -2.12. The molecule has 0 amide bonds. The molecule has 98 valence electrons. The summed E-state index contributed by atoms with van der Waals surface area (Å²) in [5.41, 5.74) is 2.68. The number of phenols is 1. The van der Waals surface area contributed by atoms with E-state index in [0.717, 1.165) is 11.1 Å². The average molecular weight is 256 g/mol. The van der Waals surface area contributed by atoms with E-state index >= 15 is 0 Å². The van der Waals surface area contributed by atoms with Crippen LogP contribution in [0.3, 0.4) is 0 Å². The first-order valence-electron chi connectivity index (χ1n) is 6.19. The molecule has 0 aromatic heterocycles. The van der Waals surface area contributed by atoms with Crippen LogP contribution in [0.4, 0.5) is 0 Å². The molecule has 0 radical (unpaired) electrons. The Hall–Kier alpha value is -2.29. The van der Waals surface area contributed by atoms with Gasteiger partial charge in [0.15, 0.2) is 0 Å². The van der Waals surface area contributed by atoms with Crippen LogP contribution in [0.2, 0.25) is 0 Å². The zero-order valence-corrected chi connectivity index (χ0v) is 11.0. The number of aryl methyl sites for hydroxylation is 1. The molecule has 0 aliphatic carbocycles. The summed E-state index contributed by atoms with van der Waals surface area (Å²) in [6.45, 7) is 3.90. The molecule has 3 nitrogen and oxygen atoms in total. The summed E-state index contributed by atoms with van der Waals surface area (Å²) in [5.74, 6) is -0.545. The van der Waals surface area contributed by atoms with Gasteiger partial charge in [0.05, 0.1) is 6.61 Å². The maximum Gasteiger partial charge on any atom is 0.342 e. The van der Waals surface area contributed by atoms with Crippen molar-refractivity contribution in [3.05, 3.63) is 53.6 Å². The number of ether oxygens (including phenoxy) is 1. The number of carbonyl (C=O) groups is 1. The van der Waals surface area contributed by atoms with Crippen molar-refractivity contribution in [1.29, 1.82) is 0 Å². The van der Waals surface area contributed by atoms with Gasteiger partial charge >= 0.3 is 5.97 Å². The minimum atomic E-state index is -0.501. The van der Waals surface area contributed by atoms with E-state index in [-0.39, 0.29) is 17.9 Å². The smallest absolute Gasteiger partial charge is 0.342 e. The maximum atomic E-state index is 12.0. The van der Waals surface area contributed by atoms with E-state index in [1.807, 2.05) is 43.3 Å². The Morgan fingerprint density at radius 3 is 2.53 bits per heavy atom. The molecule has 0 unspecified atom stereocenters. The summed E-state index contributed by atoms with van der Waals surface area (Å²) >= 11 is 0. The maximum absolute atomic E-state index is 12.0. The highest BCUT2D eigenvalue weighted by Gasteiger charge is 2.19. The summed E-state index contributed by atoms with van der Waals surface area (Å²) in [7, 11) is 0. The Labute approximate surface area is 112 Å². The van der Waals surface area contributed by atoms with Crippen LogP contribution in [0.15, 0.2) is 42.5 Å². The van der Waals surface area contributed by atoms with Gasteiger partial charge in [-0.2, -0.15) is 0 Å². The van der Waals surface area contributed by atoms with E-state index in [0.29, 0.717) is 5.56 Å². The fraction of sp³-hybridized carbons (Fsp3) is 0.188. The number of phenolic OH excluding ortho intramolecular Hbond substituents is 1. The number of rotatable bonds is 3. The van der Waals surface area contributed by atoms with Crippen LogP contribution >= 0.6 is 0 Å². The number of aromatic hydroxyl groups is 1. The van der Waals surface area contributed by atoms with Gasteiger partial charge in [0.1, 0.15) is 11.3 Å². The number of hydrogen-bond donors (Lipinski definition) is 1. The summed E-state index contributed by atoms with van der Waals surface area (Å²) in [5, 5.41) is 10.0. The van der Waals surface area contributed by atoms with Crippen molar-refractivity contribution < 1.29 is 14.6 Å². The highest BCUT2D eigenvalue weighted by molar-refractivity contribution is 6.00. The first-order valence-corrected chi connectivity index (χ1v) is 6.19. The Kier molecular flexibility index (Phi) is 3.85. The van der Waals surface area contributed by atoms with E-state index in [1.54, 1.807) is 13.0 Å². The zero-order chi connectivity index (χ0) is 13.8. The molecule has 3 heteroatoms. The van der Waals surface area contributed by atoms with Gasteiger partial charge in [0.2, 0.25) is 0 Å². The quantitative estimate of drug-likeness (QED) is 0.854. The molecule has 2 aromatic rings. The SMILES string of the molecule is CCOC(=O)c1c(O)cc(C)cc1-c1ccccc1. The van der Waals surface area contributed by atoms with Gasteiger partial charge in [0.25, 0.3) is 0 Å². The van der Waals surface area contributed by atoms with Crippen LogP contribution in [0, 0.1) is 6.92 Å². The predicted octanol–water partition coefficient (Wildman–Crippen LogP) is 3.54. The van der Waals surface area contributed by atoms with Crippen LogP contribution < -0.4 is 0 Å². The minimum Gasteiger partial charge on any atom is -0.507 e. The molecule has 0 aliphatic heterocycles. The van der Waals surface area contributed by atoms with Gasteiger partial charge in [-0.3, -0.25) is 0 Å². The largest absolute Gasteiger partial charge is 0.507 e. The van der Waals surface area contributed by atoms with Crippen molar-refractivity contribution in [3.8, 4) is 16.9 Å². The van der Waals surface area contributed by atoms with Gasteiger partial charge in [-0.05, 0) is 31.0 Å². The lowest BCUT2D eigenvalue weighted by molar-refractivity contribution is 0.0524. The second-order valence-electron chi connectivity index (χ2n) is 4.29. The van der Waals surface area contributed by atoms with Gasteiger partial charge in [-0.1, -0.05) is 36.4 Å². The molecule has 0 aliphatic rings. The van der Waals surface area contributed by atoms with Gasteiger partial charge < -0.3 is 9.84 Å². The van der Waals surface area contributed by atoms with Crippen molar-refractivity contribution in [2.45, 2.75) is 13.8 Å². The van der Waals surface area contributed by atoms with Crippen molar-refractivity contribution >= 4 is 5.97 Å². The zero-order valence-electron chi connectivity index (χ0n) is 11.0. The molecule has 0 saturated heterocycles. The Bertz CT molecular complexity index is 588. The number of carbonyl (C=O) groups excluding carboxylic acids is 1. The molecule has 2 rings (SSSR count). The van der Waals surface area contributed by atoms with Gasteiger partial charge in [0, 0.05) is 5.56 Å². The first kappa shape index (κ1) is 13.1. The standard InChI is InChI=1S/C16H16O3/c1-3-19-16(18)15-13(9-11(2)10-14(15)17)12-7-5-4-6-8-12/h4-10,17H,3H2,1-2H3. The van der Waals surface area contributed by atoms with Crippen molar-refractivity contribution in [3.63, 3.8) is 0 Å². The fourth-order valence-electron chi connectivity index (χ4n) is 2.03. The molecule has 1 N–H and O–H groups in total. The second kappa shape index (κ2) is 5.57. The van der Waals surface area contributed by atoms with E-state index < -0.39 is 5.97 Å². The molecule has 0 bridgehead atoms. The van der Waals surface area contributed by atoms with E-state index in [9.17, 15) is 9.90 Å². The summed E-state index contributed by atoms with van der Waals surface area (Å²) < 4.78 is 5.01. The average Bonchev–Trinajstić information content (AvgIpc) is 2.39. The van der Waals surface area contributed by atoms with Crippen molar-refractivity contribution in [1.82, 2.24) is 0 Å². The molecule has 0 heterocycles. The second-order valence-corrected chi connectivity index (χ2v) is 4.29. The van der Waals surface area contributed by atoms with Crippen LogP contribution in [-0.4, -0.2) is 17.7 Å². The van der Waals surface area contributed by atoms with E-state index in [2.05, 4.69) is 0 Å². The third kappa shape index (κ3) is 2.76. The minimum absolute atomic E-state index is 0.0442. The fourth-order valence-corrected chi connectivity index (χ4v) is 2.03. The highest BCUT2D eigenvalue weighted by atomic mass is 16.5. The Morgan fingerprint density at radius 2 is 1.89 bits per heavy atom. The highest BCUT2D eigenvalue weighted by Crippen LogP contribution is 2.32. The van der Waals surface area contributed by atoms with Crippen LogP contribution in [-0.2, 0) is 4.74 Å².